The summed E-state index contributed by atoms with van der Waals surface area (Å²) in [6.45, 7) is 5.83. The first kappa shape index (κ1) is 24.9. The van der Waals surface area contributed by atoms with Gasteiger partial charge >= 0.3 is 11.8 Å². The van der Waals surface area contributed by atoms with Gasteiger partial charge in [0, 0.05) is 30.2 Å². The third-order valence-corrected chi connectivity index (χ3v) is 6.04. The molecule has 0 bridgehead atoms. The van der Waals surface area contributed by atoms with Gasteiger partial charge < -0.3 is 13.9 Å². The molecule has 8 heteroatoms. The number of hydrogen-bond donors (Lipinski definition) is 0. The van der Waals surface area contributed by atoms with Gasteiger partial charge in [0.25, 0.3) is 0 Å². The Morgan fingerprint density at radius 1 is 0.970 bits per heavy atom. The van der Waals surface area contributed by atoms with Crippen LogP contribution in [0.2, 0.25) is 0 Å². The van der Waals surface area contributed by atoms with Crippen LogP contribution in [-0.2, 0) is 17.3 Å². The fourth-order valence-corrected chi connectivity index (χ4v) is 4.55. The first-order valence-corrected chi connectivity index (χ1v) is 11.3. The highest BCUT2D eigenvalue weighted by atomic mass is 32.2. The van der Waals surface area contributed by atoms with E-state index in [0.29, 0.717) is 34.1 Å². The average Bonchev–Trinajstić information content (AvgIpc) is 2.73. The third-order valence-electron chi connectivity index (χ3n) is 5.02. The fraction of sp³-hybridized carbons (Fsp3) is 0.320. The number of rotatable bonds is 8. The molecule has 0 radical (unpaired) electrons. The van der Waals surface area contributed by atoms with E-state index in [1.807, 2.05) is 32.9 Å². The number of methoxy groups -OCH3 is 1. The molecule has 3 rings (SSSR count). The van der Waals surface area contributed by atoms with E-state index in [-0.39, 0.29) is 6.79 Å². The Morgan fingerprint density at radius 2 is 1.61 bits per heavy atom. The summed E-state index contributed by atoms with van der Waals surface area (Å²) >= 11 is 1.38. The Hall–Kier alpha value is -2.71. The molecule has 2 aromatic carbocycles. The van der Waals surface area contributed by atoms with Crippen molar-refractivity contribution >= 4 is 11.8 Å². The van der Waals surface area contributed by atoms with Crippen molar-refractivity contribution in [3.05, 3.63) is 80.9 Å². The summed E-state index contributed by atoms with van der Waals surface area (Å²) in [7, 11) is 1.50. The lowest BCUT2D eigenvalue weighted by Gasteiger charge is -2.15. The zero-order valence-electron chi connectivity index (χ0n) is 18.8. The lowest BCUT2D eigenvalue weighted by molar-refractivity contribution is -0.137. The molecule has 1 heterocycles. The van der Waals surface area contributed by atoms with Crippen molar-refractivity contribution in [1.29, 1.82) is 0 Å². The van der Waals surface area contributed by atoms with Crippen LogP contribution in [0.1, 0.15) is 28.0 Å². The smallest absolute Gasteiger partial charge is 0.416 e. The largest absolute Gasteiger partial charge is 0.467 e. The third kappa shape index (κ3) is 6.21. The Balaban J connectivity index is 1.83. The van der Waals surface area contributed by atoms with Gasteiger partial charge in [-0.15, -0.1) is 11.8 Å². The van der Waals surface area contributed by atoms with E-state index in [1.165, 1.54) is 31.0 Å². The van der Waals surface area contributed by atoms with Gasteiger partial charge in [-0.25, -0.2) is 4.79 Å². The first-order chi connectivity index (χ1) is 15.6. The Labute approximate surface area is 194 Å². The highest BCUT2D eigenvalue weighted by molar-refractivity contribution is 7.99. The summed E-state index contributed by atoms with van der Waals surface area (Å²) in [5.41, 5.74) is 2.89. The molecule has 0 aliphatic carbocycles. The Bertz CT molecular complexity index is 1140. The summed E-state index contributed by atoms with van der Waals surface area (Å²) < 4.78 is 54.5. The second kappa shape index (κ2) is 10.5. The summed E-state index contributed by atoms with van der Waals surface area (Å²) in [6, 6.07) is 10.7. The monoisotopic (exact) mass is 478 g/mol. The summed E-state index contributed by atoms with van der Waals surface area (Å²) in [5, 5.41) is 0. The molecule has 0 saturated carbocycles. The molecule has 0 amide bonds. The molecule has 4 nitrogen and oxygen atoms in total. The minimum Gasteiger partial charge on any atom is -0.467 e. The van der Waals surface area contributed by atoms with E-state index >= 15 is 0 Å². The van der Waals surface area contributed by atoms with Crippen LogP contribution in [0.4, 0.5) is 13.2 Å². The maximum absolute atomic E-state index is 13.0. The van der Waals surface area contributed by atoms with E-state index in [9.17, 15) is 18.0 Å². The van der Waals surface area contributed by atoms with Crippen molar-refractivity contribution < 1.29 is 27.1 Å². The Morgan fingerprint density at radius 3 is 2.18 bits per heavy atom. The predicted molar refractivity (Wildman–Crippen MR) is 123 cm³/mol. The van der Waals surface area contributed by atoms with Gasteiger partial charge in [-0.2, -0.15) is 13.2 Å². The molecule has 176 valence electrons. The zero-order chi connectivity index (χ0) is 24.2. The molecule has 1 aromatic heterocycles. The van der Waals surface area contributed by atoms with Crippen LogP contribution < -0.4 is 10.4 Å². The van der Waals surface area contributed by atoms with Crippen molar-refractivity contribution in [1.82, 2.24) is 0 Å². The number of thioether (sulfide) groups is 1. The molecule has 0 saturated heterocycles. The van der Waals surface area contributed by atoms with Gasteiger partial charge in [-0.05, 0) is 61.7 Å². The summed E-state index contributed by atoms with van der Waals surface area (Å²) in [6.07, 6.45) is -3.96. The molecule has 0 fully saturated rings. The fourth-order valence-electron chi connectivity index (χ4n) is 3.69. The highest BCUT2D eigenvalue weighted by Gasteiger charge is 2.30. The molecule has 0 unspecified atom stereocenters. The zero-order valence-corrected chi connectivity index (χ0v) is 19.7. The minimum atomic E-state index is -4.36. The van der Waals surface area contributed by atoms with Crippen LogP contribution >= 0.6 is 11.8 Å². The second-order valence-electron chi connectivity index (χ2n) is 7.68. The van der Waals surface area contributed by atoms with E-state index in [0.717, 1.165) is 34.4 Å². The molecule has 0 aliphatic heterocycles. The molecular formula is C25H25F3O4S. The van der Waals surface area contributed by atoms with Crippen LogP contribution in [-0.4, -0.2) is 19.7 Å². The first-order valence-electron chi connectivity index (χ1n) is 10.3. The van der Waals surface area contributed by atoms with Gasteiger partial charge in [0.2, 0.25) is 0 Å². The van der Waals surface area contributed by atoms with E-state index in [2.05, 4.69) is 0 Å². The number of hydrogen-bond acceptors (Lipinski definition) is 5. The van der Waals surface area contributed by atoms with Crippen molar-refractivity contribution in [2.24, 2.45) is 0 Å². The molecular weight excluding hydrogens is 453 g/mol. The van der Waals surface area contributed by atoms with Crippen LogP contribution in [0.25, 0.3) is 11.1 Å². The van der Waals surface area contributed by atoms with E-state index in [1.54, 1.807) is 6.07 Å². The van der Waals surface area contributed by atoms with Crippen LogP contribution in [0.15, 0.2) is 56.6 Å². The predicted octanol–water partition coefficient (Wildman–Crippen LogP) is 6.57. The number of aryl methyl sites for hydroxylation is 4. The molecule has 33 heavy (non-hydrogen) atoms. The van der Waals surface area contributed by atoms with Gasteiger partial charge in [0.1, 0.15) is 17.1 Å². The SMILES string of the molecule is COCOc1cc(CCSc2ccc(C(F)(F)F)cc2)oc(=O)c1-c1c(C)cc(C)cc1C. The lowest BCUT2D eigenvalue weighted by atomic mass is 9.94. The number of halogens is 3. The van der Waals surface area contributed by atoms with Gasteiger partial charge in [-0.1, -0.05) is 17.7 Å². The van der Waals surface area contributed by atoms with Crippen molar-refractivity contribution in [2.75, 3.05) is 19.7 Å². The van der Waals surface area contributed by atoms with Crippen molar-refractivity contribution in [2.45, 2.75) is 38.3 Å². The lowest BCUT2D eigenvalue weighted by Crippen LogP contribution is -2.12. The highest BCUT2D eigenvalue weighted by Crippen LogP contribution is 2.34. The van der Waals surface area contributed by atoms with E-state index in [4.69, 9.17) is 13.9 Å². The molecule has 0 atom stereocenters. The molecule has 0 N–H and O–H groups in total. The quantitative estimate of drug-likeness (QED) is 0.271. The van der Waals surface area contributed by atoms with Crippen LogP contribution in [0.5, 0.6) is 5.75 Å². The van der Waals surface area contributed by atoms with E-state index < -0.39 is 17.4 Å². The number of alkyl halides is 3. The van der Waals surface area contributed by atoms with Gasteiger partial charge in [-0.3, -0.25) is 0 Å². The maximum atomic E-state index is 13.0. The van der Waals surface area contributed by atoms with Crippen LogP contribution in [0.3, 0.4) is 0 Å². The molecule has 0 aliphatic rings. The number of benzene rings is 2. The Kier molecular flexibility index (Phi) is 7.92. The maximum Gasteiger partial charge on any atom is 0.416 e. The average molecular weight is 479 g/mol. The van der Waals surface area contributed by atoms with Crippen molar-refractivity contribution in [3.8, 4) is 16.9 Å². The topological polar surface area (TPSA) is 48.7 Å². The standard InChI is InChI=1S/C25H25F3O4S/c1-15-11-16(2)22(17(3)12-15)23-21(31-14-30-4)13-19(32-24(23)29)9-10-33-20-7-5-18(6-8-20)25(26,27)28/h5-8,11-13H,9-10,14H2,1-4H3. The van der Waals surface area contributed by atoms with Crippen molar-refractivity contribution in [3.63, 3.8) is 0 Å². The molecule has 0 spiro atoms. The van der Waals surface area contributed by atoms with Gasteiger partial charge in [0.05, 0.1) is 5.56 Å². The second-order valence-corrected chi connectivity index (χ2v) is 8.85. The molecule has 3 aromatic rings. The minimum absolute atomic E-state index is 0.0276. The normalized spacial score (nSPS) is 11.6. The number of ether oxygens (including phenoxy) is 2. The van der Waals surface area contributed by atoms with Crippen LogP contribution in [0, 0.1) is 20.8 Å². The van der Waals surface area contributed by atoms with Gasteiger partial charge in [0.15, 0.2) is 6.79 Å². The summed E-state index contributed by atoms with van der Waals surface area (Å²) in [5.74, 6) is 1.31. The summed E-state index contributed by atoms with van der Waals surface area (Å²) in [4.78, 5) is 13.7.